The van der Waals surface area contributed by atoms with Crippen molar-refractivity contribution in [2.24, 2.45) is 0 Å². The number of nitrogens with one attached hydrogen (secondary N) is 1. The zero-order valence-electron chi connectivity index (χ0n) is 16.9. The fraction of sp³-hybridized carbons (Fsp3) is 0.364. The zero-order valence-corrected chi connectivity index (χ0v) is 17.7. The van der Waals surface area contributed by atoms with Crippen LogP contribution in [0, 0.1) is 0 Å². The molecule has 1 N–H and O–H groups in total. The van der Waals surface area contributed by atoms with Crippen LogP contribution in [0.2, 0.25) is 0 Å². The topological polar surface area (TPSA) is 49.5 Å². The van der Waals surface area contributed by atoms with E-state index in [1.807, 2.05) is 30.5 Å². The normalized spacial score (nSPS) is 19.1. The molecular weight excluding hydrogens is 382 g/mol. The molecule has 0 spiro atoms. The molecule has 3 aromatic heterocycles. The Kier molecular flexibility index (Phi) is 5.97. The highest BCUT2D eigenvalue weighted by Crippen LogP contribution is 2.38. The summed E-state index contributed by atoms with van der Waals surface area (Å²) < 4.78 is 7.83. The molecule has 4 heterocycles. The first-order chi connectivity index (χ1) is 14.1. The molecule has 1 saturated heterocycles. The van der Waals surface area contributed by atoms with Crippen LogP contribution in [0.3, 0.4) is 0 Å². The van der Waals surface area contributed by atoms with Crippen molar-refractivity contribution < 1.29 is 4.42 Å². The lowest BCUT2D eigenvalue weighted by atomic mass is 10.0. The van der Waals surface area contributed by atoms with Gasteiger partial charge in [0.2, 0.25) is 0 Å². The molecule has 3 aromatic rings. The second-order valence-corrected chi connectivity index (χ2v) is 8.00. The average Bonchev–Trinajstić information content (AvgIpc) is 3.44. The van der Waals surface area contributed by atoms with Crippen LogP contribution in [0.1, 0.15) is 35.7 Å². The minimum Gasteiger partial charge on any atom is -0.467 e. The van der Waals surface area contributed by atoms with Gasteiger partial charge in [0, 0.05) is 24.6 Å². The standard InChI is InChI=1S/C22H27N5OS/c1-25(2)12-7-14-27-21(20(24-22(27)29)18-9-3-4-11-23-18)19-10-5-13-26(19)16-17-8-6-15-28-17/h3-6,8-11,13,15,20-21H,7,12,14,16H2,1-2H3,(H,24,29)/t20-,21-/m1/s1. The lowest BCUT2D eigenvalue weighted by Crippen LogP contribution is -2.33. The molecule has 1 aliphatic heterocycles. The maximum atomic E-state index is 5.75. The predicted octanol–water partition coefficient (Wildman–Crippen LogP) is 3.45. The molecule has 7 heteroatoms. The first kappa shape index (κ1) is 19.7. The van der Waals surface area contributed by atoms with Crippen LogP contribution in [0.25, 0.3) is 0 Å². The van der Waals surface area contributed by atoms with E-state index in [2.05, 4.69) is 63.2 Å². The molecule has 1 aliphatic rings. The van der Waals surface area contributed by atoms with E-state index >= 15 is 0 Å². The van der Waals surface area contributed by atoms with Crippen molar-refractivity contribution >= 4 is 17.3 Å². The van der Waals surface area contributed by atoms with Crippen LogP contribution >= 0.6 is 12.2 Å². The van der Waals surface area contributed by atoms with Gasteiger partial charge in [0.25, 0.3) is 0 Å². The molecule has 152 valence electrons. The smallest absolute Gasteiger partial charge is 0.170 e. The Morgan fingerprint density at radius 1 is 1.17 bits per heavy atom. The van der Waals surface area contributed by atoms with Crippen LogP contribution < -0.4 is 5.32 Å². The van der Waals surface area contributed by atoms with Crippen LogP contribution in [0.5, 0.6) is 0 Å². The highest BCUT2D eigenvalue weighted by atomic mass is 32.1. The molecule has 29 heavy (non-hydrogen) atoms. The summed E-state index contributed by atoms with van der Waals surface area (Å²) in [4.78, 5) is 9.14. The SMILES string of the molecule is CN(C)CCCN1C(=S)N[C@H](c2ccccn2)[C@H]1c1cccn1Cc1ccco1. The van der Waals surface area contributed by atoms with Gasteiger partial charge in [-0.3, -0.25) is 4.98 Å². The fourth-order valence-corrected chi connectivity index (χ4v) is 4.27. The number of aromatic nitrogens is 2. The van der Waals surface area contributed by atoms with E-state index in [9.17, 15) is 0 Å². The highest BCUT2D eigenvalue weighted by molar-refractivity contribution is 7.80. The molecule has 0 saturated carbocycles. The molecule has 0 aromatic carbocycles. The average molecular weight is 410 g/mol. The Morgan fingerprint density at radius 2 is 2.07 bits per heavy atom. The molecule has 0 unspecified atom stereocenters. The van der Waals surface area contributed by atoms with Crippen LogP contribution in [-0.2, 0) is 6.54 Å². The monoisotopic (exact) mass is 409 g/mol. The summed E-state index contributed by atoms with van der Waals surface area (Å²) in [5, 5.41) is 4.31. The van der Waals surface area contributed by atoms with Crippen molar-refractivity contribution in [1.82, 2.24) is 24.7 Å². The van der Waals surface area contributed by atoms with E-state index in [1.54, 1.807) is 6.26 Å². The summed E-state index contributed by atoms with van der Waals surface area (Å²) in [6.07, 6.45) is 6.70. The van der Waals surface area contributed by atoms with Gasteiger partial charge in [-0.1, -0.05) is 6.07 Å². The van der Waals surface area contributed by atoms with E-state index in [1.165, 1.54) is 5.69 Å². The Labute approximate surface area is 177 Å². The third kappa shape index (κ3) is 4.36. The number of rotatable bonds is 8. The van der Waals surface area contributed by atoms with E-state index < -0.39 is 0 Å². The van der Waals surface area contributed by atoms with Crippen LogP contribution in [0.15, 0.2) is 65.5 Å². The molecular formula is C22H27N5OS. The fourth-order valence-electron chi connectivity index (χ4n) is 3.94. The number of hydrogen-bond donors (Lipinski definition) is 1. The Morgan fingerprint density at radius 3 is 2.79 bits per heavy atom. The van der Waals surface area contributed by atoms with Gasteiger partial charge in [-0.25, -0.2) is 0 Å². The highest BCUT2D eigenvalue weighted by Gasteiger charge is 2.40. The third-order valence-electron chi connectivity index (χ3n) is 5.28. The predicted molar refractivity (Wildman–Crippen MR) is 118 cm³/mol. The first-order valence-electron chi connectivity index (χ1n) is 9.93. The Bertz CT molecular complexity index is 922. The van der Waals surface area contributed by atoms with E-state index in [0.717, 1.165) is 36.1 Å². The van der Waals surface area contributed by atoms with Crippen molar-refractivity contribution in [3.8, 4) is 0 Å². The van der Waals surface area contributed by atoms with Gasteiger partial charge in [-0.2, -0.15) is 0 Å². The molecule has 0 amide bonds. The summed E-state index contributed by atoms with van der Waals surface area (Å²) in [6.45, 7) is 2.61. The summed E-state index contributed by atoms with van der Waals surface area (Å²) in [7, 11) is 4.20. The van der Waals surface area contributed by atoms with Crippen molar-refractivity contribution in [2.45, 2.75) is 25.0 Å². The second-order valence-electron chi connectivity index (χ2n) is 7.62. The quantitative estimate of drug-likeness (QED) is 0.575. The summed E-state index contributed by atoms with van der Waals surface area (Å²) in [5.41, 5.74) is 2.20. The van der Waals surface area contributed by atoms with Gasteiger partial charge in [-0.05, 0) is 75.7 Å². The zero-order chi connectivity index (χ0) is 20.2. The van der Waals surface area contributed by atoms with Crippen molar-refractivity contribution in [3.63, 3.8) is 0 Å². The minimum absolute atomic E-state index is 0.00769. The summed E-state index contributed by atoms with van der Waals surface area (Å²) >= 11 is 5.75. The van der Waals surface area contributed by atoms with Gasteiger partial charge in [0.05, 0.1) is 30.6 Å². The van der Waals surface area contributed by atoms with Crippen LogP contribution in [-0.4, -0.2) is 51.6 Å². The number of hydrogen-bond acceptors (Lipinski definition) is 4. The van der Waals surface area contributed by atoms with Gasteiger partial charge >= 0.3 is 0 Å². The summed E-state index contributed by atoms with van der Waals surface area (Å²) in [5.74, 6) is 0.935. The van der Waals surface area contributed by atoms with Crippen LogP contribution in [0.4, 0.5) is 0 Å². The molecule has 0 radical (unpaired) electrons. The number of furan rings is 1. The second kappa shape index (κ2) is 8.80. The lowest BCUT2D eigenvalue weighted by molar-refractivity contribution is 0.282. The maximum absolute atomic E-state index is 5.75. The maximum Gasteiger partial charge on any atom is 0.170 e. The molecule has 4 rings (SSSR count). The van der Waals surface area contributed by atoms with Crippen molar-refractivity contribution in [1.29, 1.82) is 0 Å². The molecule has 1 fully saturated rings. The van der Waals surface area contributed by atoms with Gasteiger partial charge in [-0.15, -0.1) is 0 Å². The minimum atomic E-state index is 0.00769. The van der Waals surface area contributed by atoms with E-state index in [0.29, 0.717) is 6.54 Å². The molecule has 0 bridgehead atoms. The first-order valence-corrected chi connectivity index (χ1v) is 10.3. The van der Waals surface area contributed by atoms with Gasteiger partial charge in [0.1, 0.15) is 5.76 Å². The van der Waals surface area contributed by atoms with E-state index in [-0.39, 0.29) is 12.1 Å². The van der Waals surface area contributed by atoms with E-state index in [4.69, 9.17) is 16.6 Å². The van der Waals surface area contributed by atoms with Gasteiger partial charge < -0.3 is 24.1 Å². The van der Waals surface area contributed by atoms with Gasteiger partial charge in [0.15, 0.2) is 5.11 Å². The number of pyridine rings is 1. The molecule has 2 atom stereocenters. The van der Waals surface area contributed by atoms with Crippen molar-refractivity contribution in [2.75, 3.05) is 27.2 Å². The Balaban J connectivity index is 1.66. The molecule has 0 aliphatic carbocycles. The lowest BCUT2D eigenvalue weighted by Gasteiger charge is -2.29. The third-order valence-corrected chi connectivity index (χ3v) is 5.63. The van der Waals surface area contributed by atoms with Crippen molar-refractivity contribution in [3.05, 3.63) is 78.3 Å². The number of nitrogens with zero attached hydrogens (tertiary/aromatic N) is 4. The molecule has 6 nitrogen and oxygen atoms in total. The summed E-state index contributed by atoms with van der Waals surface area (Å²) in [6, 6.07) is 14.3. The Hall–Kier alpha value is -2.64. The number of thiocarbonyl (C=S) groups is 1. The largest absolute Gasteiger partial charge is 0.467 e.